The molecule has 1 aromatic rings. The van der Waals surface area contributed by atoms with Crippen LogP contribution in [0, 0.1) is 0 Å². The maximum absolute atomic E-state index is 9.80. The van der Waals surface area contributed by atoms with Crippen molar-refractivity contribution in [1.29, 1.82) is 0 Å². The zero-order chi connectivity index (χ0) is 13.0. The van der Waals surface area contributed by atoms with Gasteiger partial charge in [0.2, 0.25) is 0 Å². The smallest absolute Gasteiger partial charge is 0.0781 e. The zero-order valence-corrected chi connectivity index (χ0v) is 10.9. The fourth-order valence-corrected chi connectivity index (χ4v) is 2.48. The first-order valence-corrected chi connectivity index (χ1v) is 6.57. The van der Waals surface area contributed by atoms with E-state index in [4.69, 9.17) is 5.11 Å². The van der Waals surface area contributed by atoms with Crippen LogP contribution >= 0.6 is 0 Å². The lowest BCUT2D eigenvalue weighted by molar-refractivity contribution is 0.187. The third-order valence-electron chi connectivity index (χ3n) is 3.52. The van der Waals surface area contributed by atoms with E-state index in [1.807, 2.05) is 18.2 Å². The molecule has 4 heteroatoms. The quantitative estimate of drug-likeness (QED) is 0.832. The molecular weight excluding hydrogens is 228 g/mol. The summed E-state index contributed by atoms with van der Waals surface area (Å²) in [6.45, 7) is 6.62. The van der Waals surface area contributed by atoms with Crippen LogP contribution in [0.2, 0.25) is 0 Å². The van der Waals surface area contributed by atoms with Gasteiger partial charge in [-0.15, -0.1) is 0 Å². The van der Waals surface area contributed by atoms with Gasteiger partial charge < -0.3 is 15.1 Å². The number of benzene rings is 1. The molecule has 1 saturated heterocycles. The molecule has 18 heavy (non-hydrogen) atoms. The van der Waals surface area contributed by atoms with Crippen LogP contribution in [0.5, 0.6) is 0 Å². The second-order valence-corrected chi connectivity index (χ2v) is 4.79. The van der Waals surface area contributed by atoms with E-state index in [1.165, 1.54) is 0 Å². The van der Waals surface area contributed by atoms with Crippen molar-refractivity contribution in [2.45, 2.75) is 13.0 Å². The molecule has 0 unspecified atom stereocenters. The summed E-state index contributed by atoms with van der Waals surface area (Å²) < 4.78 is 0. The average molecular weight is 250 g/mol. The Labute approximate surface area is 108 Å². The Hall–Kier alpha value is -1.10. The molecule has 4 nitrogen and oxygen atoms in total. The number of anilines is 1. The van der Waals surface area contributed by atoms with Crippen LogP contribution < -0.4 is 4.90 Å². The van der Waals surface area contributed by atoms with Gasteiger partial charge in [0, 0.05) is 44.0 Å². The molecule has 0 spiro atoms. The van der Waals surface area contributed by atoms with Crippen LogP contribution in [0.25, 0.3) is 0 Å². The molecular formula is C14H22N2O2. The molecule has 0 amide bonds. The lowest BCUT2D eigenvalue weighted by atomic mass is 10.1. The minimum atomic E-state index is -0.434. The highest BCUT2D eigenvalue weighted by Crippen LogP contribution is 2.26. The SMILES string of the molecule is C[C@@H](O)c1ccccc1N1CCN(CCO)CC1. The van der Waals surface area contributed by atoms with Gasteiger partial charge in [0.1, 0.15) is 0 Å². The summed E-state index contributed by atoms with van der Waals surface area (Å²) in [4.78, 5) is 4.58. The van der Waals surface area contributed by atoms with Gasteiger partial charge in [-0.05, 0) is 13.0 Å². The third kappa shape index (κ3) is 3.02. The van der Waals surface area contributed by atoms with Crippen molar-refractivity contribution in [2.24, 2.45) is 0 Å². The minimum absolute atomic E-state index is 0.226. The largest absolute Gasteiger partial charge is 0.395 e. The number of piperazine rings is 1. The van der Waals surface area contributed by atoms with Crippen LogP contribution in [0.15, 0.2) is 24.3 Å². The lowest BCUT2D eigenvalue weighted by Crippen LogP contribution is -2.47. The Bertz CT molecular complexity index is 374. The van der Waals surface area contributed by atoms with Gasteiger partial charge in [-0.1, -0.05) is 18.2 Å². The van der Waals surface area contributed by atoms with Gasteiger partial charge in [-0.3, -0.25) is 4.90 Å². The van der Waals surface area contributed by atoms with Gasteiger partial charge in [-0.25, -0.2) is 0 Å². The molecule has 100 valence electrons. The van der Waals surface area contributed by atoms with Gasteiger partial charge in [0.25, 0.3) is 0 Å². The Morgan fingerprint density at radius 2 is 1.83 bits per heavy atom. The number of rotatable bonds is 4. The number of hydrogen-bond acceptors (Lipinski definition) is 4. The number of para-hydroxylation sites is 1. The molecule has 0 aromatic heterocycles. The van der Waals surface area contributed by atoms with E-state index in [1.54, 1.807) is 6.92 Å². The topological polar surface area (TPSA) is 46.9 Å². The van der Waals surface area contributed by atoms with Crippen LogP contribution in [0.3, 0.4) is 0 Å². The van der Waals surface area contributed by atoms with E-state index in [0.717, 1.165) is 44.0 Å². The number of aliphatic hydroxyl groups excluding tert-OH is 2. The molecule has 1 atom stereocenters. The van der Waals surface area contributed by atoms with Crippen molar-refractivity contribution in [3.05, 3.63) is 29.8 Å². The first-order valence-electron chi connectivity index (χ1n) is 6.57. The second-order valence-electron chi connectivity index (χ2n) is 4.79. The van der Waals surface area contributed by atoms with Gasteiger partial charge in [-0.2, -0.15) is 0 Å². The molecule has 2 rings (SSSR count). The molecule has 0 radical (unpaired) electrons. The average Bonchev–Trinajstić information content (AvgIpc) is 2.40. The summed E-state index contributed by atoms with van der Waals surface area (Å²) in [5.74, 6) is 0. The fourth-order valence-electron chi connectivity index (χ4n) is 2.48. The predicted octanol–water partition coefficient (Wildman–Crippen LogP) is 0.854. The van der Waals surface area contributed by atoms with Crippen molar-refractivity contribution in [1.82, 2.24) is 4.90 Å². The standard InChI is InChI=1S/C14H22N2O2/c1-12(18)13-4-2-3-5-14(13)16-8-6-15(7-9-16)10-11-17/h2-5,12,17-18H,6-11H2,1H3/t12-/m1/s1. The fraction of sp³-hybridized carbons (Fsp3) is 0.571. The monoisotopic (exact) mass is 250 g/mol. The zero-order valence-electron chi connectivity index (χ0n) is 10.9. The maximum atomic E-state index is 9.80. The number of nitrogens with zero attached hydrogens (tertiary/aromatic N) is 2. The van der Waals surface area contributed by atoms with E-state index in [0.29, 0.717) is 0 Å². The van der Waals surface area contributed by atoms with Crippen LogP contribution in [0.1, 0.15) is 18.6 Å². The molecule has 1 aliphatic heterocycles. The summed E-state index contributed by atoms with van der Waals surface area (Å²) in [5.41, 5.74) is 2.13. The summed E-state index contributed by atoms with van der Waals surface area (Å²) in [6, 6.07) is 8.04. The Kier molecular flexibility index (Phi) is 4.58. The van der Waals surface area contributed by atoms with Gasteiger partial charge in [0.15, 0.2) is 0 Å². The Balaban J connectivity index is 2.05. The van der Waals surface area contributed by atoms with Crippen molar-refractivity contribution in [3.63, 3.8) is 0 Å². The number of aliphatic hydroxyl groups is 2. The van der Waals surface area contributed by atoms with E-state index in [2.05, 4.69) is 15.9 Å². The molecule has 1 aromatic carbocycles. The Morgan fingerprint density at radius 3 is 2.44 bits per heavy atom. The van der Waals surface area contributed by atoms with E-state index >= 15 is 0 Å². The second kappa shape index (κ2) is 6.18. The third-order valence-corrected chi connectivity index (χ3v) is 3.52. The summed E-state index contributed by atoms with van der Waals surface area (Å²) in [5, 5.41) is 18.7. The lowest BCUT2D eigenvalue weighted by Gasteiger charge is -2.37. The predicted molar refractivity (Wildman–Crippen MR) is 72.8 cm³/mol. The van der Waals surface area contributed by atoms with Crippen molar-refractivity contribution in [2.75, 3.05) is 44.2 Å². The highest BCUT2D eigenvalue weighted by atomic mass is 16.3. The molecule has 0 aliphatic carbocycles. The molecule has 2 N–H and O–H groups in total. The summed E-state index contributed by atoms with van der Waals surface area (Å²) in [7, 11) is 0. The van der Waals surface area contributed by atoms with Gasteiger partial charge >= 0.3 is 0 Å². The van der Waals surface area contributed by atoms with E-state index in [9.17, 15) is 5.11 Å². The van der Waals surface area contributed by atoms with Crippen LogP contribution in [-0.4, -0.2) is 54.4 Å². The van der Waals surface area contributed by atoms with Gasteiger partial charge in [0.05, 0.1) is 12.7 Å². The maximum Gasteiger partial charge on any atom is 0.0781 e. The van der Waals surface area contributed by atoms with Crippen LogP contribution in [0.4, 0.5) is 5.69 Å². The molecule has 1 aliphatic rings. The molecule has 1 heterocycles. The first-order chi connectivity index (χ1) is 8.72. The van der Waals surface area contributed by atoms with Crippen molar-refractivity contribution < 1.29 is 10.2 Å². The Morgan fingerprint density at radius 1 is 1.17 bits per heavy atom. The summed E-state index contributed by atoms with van der Waals surface area (Å²) in [6.07, 6.45) is -0.434. The summed E-state index contributed by atoms with van der Waals surface area (Å²) >= 11 is 0. The van der Waals surface area contributed by atoms with E-state index < -0.39 is 6.10 Å². The molecule has 0 bridgehead atoms. The molecule has 0 saturated carbocycles. The first kappa shape index (κ1) is 13.3. The van der Waals surface area contributed by atoms with Crippen molar-refractivity contribution >= 4 is 5.69 Å². The highest BCUT2D eigenvalue weighted by molar-refractivity contribution is 5.54. The van der Waals surface area contributed by atoms with Crippen LogP contribution in [-0.2, 0) is 0 Å². The van der Waals surface area contributed by atoms with E-state index in [-0.39, 0.29) is 6.61 Å². The minimum Gasteiger partial charge on any atom is -0.395 e. The number of hydrogen-bond donors (Lipinski definition) is 2. The number of β-amino-alcohol motifs (C(OH)–C–C–N with tert-alkyl or cyclic N) is 1. The molecule has 1 fully saturated rings. The normalized spacial score (nSPS) is 18.9. The highest BCUT2D eigenvalue weighted by Gasteiger charge is 2.19. The van der Waals surface area contributed by atoms with Crippen molar-refractivity contribution in [3.8, 4) is 0 Å².